The van der Waals surface area contributed by atoms with Crippen LogP contribution in [-0.4, -0.2) is 33.5 Å². The average molecular weight is 265 g/mol. The van der Waals surface area contributed by atoms with E-state index in [1.807, 2.05) is 20.8 Å². The molecule has 0 bridgehead atoms. The Bertz CT molecular complexity index is 445. The zero-order valence-corrected chi connectivity index (χ0v) is 13.2. The Morgan fingerprint density at radius 1 is 1.28 bits per heavy atom. The van der Waals surface area contributed by atoms with Crippen LogP contribution in [0.4, 0.5) is 0 Å². The molecule has 1 heterocycles. The number of aromatic nitrogens is 3. The molecule has 0 amide bonds. The Morgan fingerprint density at radius 2 is 1.89 bits per heavy atom. The van der Waals surface area contributed by atoms with Gasteiger partial charge in [-0.15, -0.1) is 5.54 Å². The molecular formula is C13H23N3OSi. The number of nitrogens with zero attached hydrogens (tertiary/aromatic N) is 3. The maximum atomic E-state index is 10.8. The first-order valence-corrected chi connectivity index (χ1v) is 9.63. The van der Waals surface area contributed by atoms with Crippen LogP contribution in [-0.2, 0) is 6.54 Å². The first kappa shape index (κ1) is 14.9. The van der Waals surface area contributed by atoms with E-state index in [1.54, 1.807) is 11.0 Å². The Hall–Kier alpha value is -1.12. The van der Waals surface area contributed by atoms with Gasteiger partial charge in [-0.1, -0.05) is 46.3 Å². The van der Waals surface area contributed by atoms with Crippen molar-refractivity contribution in [3.63, 3.8) is 0 Å². The van der Waals surface area contributed by atoms with E-state index in [-0.39, 0.29) is 5.41 Å². The third-order valence-electron chi connectivity index (χ3n) is 2.74. The topological polar surface area (TPSA) is 50.9 Å². The highest BCUT2D eigenvalue weighted by Crippen LogP contribution is 2.31. The fourth-order valence-electron chi connectivity index (χ4n) is 1.30. The highest BCUT2D eigenvalue weighted by Gasteiger charge is 2.39. The molecular weight excluding hydrogens is 242 g/mol. The van der Waals surface area contributed by atoms with Crippen molar-refractivity contribution in [2.45, 2.75) is 52.6 Å². The quantitative estimate of drug-likeness (QED) is 0.657. The Kier molecular flexibility index (Phi) is 4.04. The molecule has 18 heavy (non-hydrogen) atoms. The van der Waals surface area contributed by atoms with E-state index in [0.29, 0.717) is 6.54 Å². The maximum absolute atomic E-state index is 10.8. The van der Waals surface area contributed by atoms with Crippen molar-refractivity contribution in [1.82, 2.24) is 14.8 Å². The zero-order chi connectivity index (χ0) is 14.0. The molecule has 0 radical (unpaired) electrons. The van der Waals surface area contributed by atoms with Crippen LogP contribution in [0, 0.1) is 16.9 Å². The van der Waals surface area contributed by atoms with Gasteiger partial charge in [0.05, 0.1) is 6.54 Å². The Balaban J connectivity index is 3.07. The van der Waals surface area contributed by atoms with Crippen LogP contribution < -0.4 is 0 Å². The third-order valence-corrected chi connectivity index (χ3v) is 3.62. The first-order chi connectivity index (χ1) is 8.04. The molecule has 1 atom stereocenters. The molecule has 0 saturated heterocycles. The molecule has 1 N–H and O–H groups in total. The van der Waals surface area contributed by atoms with Crippen molar-refractivity contribution >= 4 is 8.07 Å². The lowest BCUT2D eigenvalue weighted by Gasteiger charge is -2.36. The second-order valence-corrected chi connectivity index (χ2v) is 11.5. The van der Waals surface area contributed by atoms with Crippen molar-refractivity contribution in [1.29, 1.82) is 0 Å². The van der Waals surface area contributed by atoms with Crippen LogP contribution in [0.2, 0.25) is 19.6 Å². The van der Waals surface area contributed by atoms with Crippen molar-refractivity contribution in [3.8, 4) is 11.5 Å². The number of rotatable bonds is 2. The monoisotopic (exact) mass is 265 g/mol. The van der Waals surface area contributed by atoms with Crippen molar-refractivity contribution in [2.24, 2.45) is 5.41 Å². The van der Waals surface area contributed by atoms with Crippen LogP contribution in [0.25, 0.3) is 0 Å². The molecule has 100 valence electrons. The highest BCUT2D eigenvalue weighted by molar-refractivity contribution is 6.83. The van der Waals surface area contributed by atoms with E-state index >= 15 is 0 Å². The lowest BCUT2D eigenvalue weighted by atomic mass is 9.77. The average Bonchev–Trinajstić information content (AvgIpc) is 2.64. The van der Waals surface area contributed by atoms with Gasteiger partial charge in [-0.3, -0.25) is 0 Å². The summed E-state index contributed by atoms with van der Waals surface area (Å²) >= 11 is 0. The van der Waals surface area contributed by atoms with Gasteiger partial charge in [0.25, 0.3) is 0 Å². The minimum Gasteiger partial charge on any atom is -0.375 e. The predicted molar refractivity (Wildman–Crippen MR) is 75.5 cm³/mol. The summed E-state index contributed by atoms with van der Waals surface area (Å²) in [6, 6.07) is 0. The van der Waals surface area contributed by atoms with E-state index in [9.17, 15) is 5.11 Å². The van der Waals surface area contributed by atoms with Gasteiger partial charge in [-0.25, -0.2) is 9.67 Å². The van der Waals surface area contributed by atoms with Crippen molar-refractivity contribution in [3.05, 3.63) is 12.7 Å². The lowest BCUT2D eigenvalue weighted by Crippen LogP contribution is -2.46. The SMILES string of the molecule is CC(C)(C)C(O)(C#C[Si](C)(C)C)Cn1cncn1. The zero-order valence-electron chi connectivity index (χ0n) is 12.2. The van der Waals surface area contributed by atoms with E-state index in [2.05, 4.69) is 41.2 Å². The van der Waals surface area contributed by atoms with Gasteiger partial charge < -0.3 is 5.11 Å². The summed E-state index contributed by atoms with van der Waals surface area (Å²) in [6.07, 6.45) is 3.07. The molecule has 0 aromatic carbocycles. The van der Waals surface area contributed by atoms with Crippen LogP contribution in [0.3, 0.4) is 0 Å². The molecule has 0 aliphatic rings. The summed E-state index contributed by atoms with van der Waals surface area (Å²) in [7, 11) is -1.51. The van der Waals surface area contributed by atoms with E-state index in [4.69, 9.17) is 0 Å². The molecule has 0 aliphatic carbocycles. The summed E-state index contributed by atoms with van der Waals surface area (Å²) in [5, 5.41) is 14.9. The fourth-order valence-corrected chi connectivity index (χ4v) is 1.89. The minimum atomic E-state index is -1.51. The Labute approximate surface area is 110 Å². The molecule has 1 aromatic rings. The van der Waals surface area contributed by atoms with Crippen molar-refractivity contribution in [2.75, 3.05) is 0 Å². The molecule has 0 spiro atoms. The Morgan fingerprint density at radius 3 is 2.28 bits per heavy atom. The smallest absolute Gasteiger partial charge is 0.149 e. The van der Waals surface area contributed by atoms with E-state index in [1.165, 1.54) is 6.33 Å². The molecule has 0 saturated carbocycles. The standard InChI is InChI=1S/C13H23N3OSi/c1-12(2,3)13(17,7-8-18(4,5)6)9-16-11-14-10-15-16/h10-11,17H,9H2,1-6H3. The molecule has 0 aliphatic heterocycles. The molecule has 1 aromatic heterocycles. The van der Waals surface area contributed by atoms with Crippen LogP contribution in [0.15, 0.2) is 12.7 Å². The summed E-state index contributed by atoms with van der Waals surface area (Å²) in [5.74, 6) is 3.09. The summed E-state index contributed by atoms with van der Waals surface area (Å²) < 4.78 is 1.63. The number of hydrogen-bond donors (Lipinski definition) is 1. The fraction of sp³-hybridized carbons (Fsp3) is 0.692. The highest BCUT2D eigenvalue weighted by atomic mass is 28.3. The molecule has 1 rings (SSSR count). The van der Waals surface area contributed by atoms with Crippen LogP contribution in [0.5, 0.6) is 0 Å². The third kappa shape index (κ3) is 3.97. The summed E-state index contributed by atoms with van der Waals surface area (Å²) in [4.78, 5) is 3.90. The summed E-state index contributed by atoms with van der Waals surface area (Å²) in [5.41, 5.74) is 1.82. The normalized spacial score (nSPS) is 15.7. The number of aliphatic hydroxyl groups is 1. The maximum Gasteiger partial charge on any atom is 0.149 e. The van der Waals surface area contributed by atoms with Gasteiger partial charge in [0.2, 0.25) is 0 Å². The van der Waals surface area contributed by atoms with Gasteiger partial charge in [-0.05, 0) is 0 Å². The van der Waals surface area contributed by atoms with Gasteiger partial charge in [0, 0.05) is 5.41 Å². The second-order valence-electron chi connectivity index (χ2n) is 6.70. The number of hydrogen-bond acceptors (Lipinski definition) is 3. The second kappa shape index (κ2) is 4.86. The van der Waals surface area contributed by atoms with Gasteiger partial charge in [0.15, 0.2) is 0 Å². The van der Waals surface area contributed by atoms with Gasteiger partial charge >= 0.3 is 0 Å². The predicted octanol–water partition coefficient (Wildman–Crippen LogP) is 1.94. The minimum absolute atomic E-state index is 0.341. The molecule has 0 fully saturated rings. The molecule has 5 heteroatoms. The largest absolute Gasteiger partial charge is 0.375 e. The van der Waals surface area contributed by atoms with Crippen LogP contribution >= 0.6 is 0 Å². The molecule has 1 unspecified atom stereocenters. The van der Waals surface area contributed by atoms with E-state index < -0.39 is 13.7 Å². The first-order valence-electron chi connectivity index (χ1n) is 6.13. The van der Waals surface area contributed by atoms with Gasteiger partial charge in [-0.2, -0.15) is 5.10 Å². The molecule has 4 nitrogen and oxygen atoms in total. The lowest BCUT2D eigenvalue weighted by molar-refractivity contribution is -0.0214. The summed E-state index contributed by atoms with van der Waals surface area (Å²) in [6.45, 7) is 12.8. The van der Waals surface area contributed by atoms with E-state index in [0.717, 1.165) is 0 Å². The van der Waals surface area contributed by atoms with Gasteiger partial charge in [0.1, 0.15) is 26.3 Å². The van der Waals surface area contributed by atoms with Crippen molar-refractivity contribution < 1.29 is 5.11 Å². The van der Waals surface area contributed by atoms with Crippen LogP contribution in [0.1, 0.15) is 20.8 Å².